The molecule has 0 bridgehead atoms. The van der Waals surface area contributed by atoms with Gasteiger partial charge in [-0.1, -0.05) is 32.6 Å². The summed E-state index contributed by atoms with van der Waals surface area (Å²) in [6.45, 7) is 8.65. The molecule has 1 aliphatic heterocycles. The van der Waals surface area contributed by atoms with Gasteiger partial charge in [-0.15, -0.1) is 0 Å². The van der Waals surface area contributed by atoms with E-state index in [1.807, 2.05) is 18.2 Å². The Bertz CT molecular complexity index is 758. The summed E-state index contributed by atoms with van der Waals surface area (Å²) < 4.78 is 1.63. The van der Waals surface area contributed by atoms with Gasteiger partial charge in [-0.25, -0.2) is 0 Å². The SMILES string of the molecule is C=C(O)c1ccc2c(c1)c1c(n2N)C(=S)NCC1(C)C. The van der Waals surface area contributed by atoms with Crippen molar-refractivity contribution >= 4 is 33.9 Å². The van der Waals surface area contributed by atoms with Crippen LogP contribution in [0, 0.1) is 0 Å². The summed E-state index contributed by atoms with van der Waals surface area (Å²) in [7, 11) is 0. The van der Waals surface area contributed by atoms with E-state index < -0.39 is 0 Å². The van der Waals surface area contributed by atoms with Crippen LogP contribution in [0.4, 0.5) is 0 Å². The lowest BCUT2D eigenvalue weighted by Crippen LogP contribution is -2.44. The van der Waals surface area contributed by atoms with E-state index in [1.165, 1.54) is 0 Å². The minimum atomic E-state index is -0.0874. The van der Waals surface area contributed by atoms with Gasteiger partial charge < -0.3 is 16.3 Å². The zero-order valence-corrected chi connectivity index (χ0v) is 12.3. The zero-order valence-electron chi connectivity index (χ0n) is 11.5. The van der Waals surface area contributed by atoms with Gasteiger partial charge in [-0.05, 0) is 23.8 Å². The summed E-state index contributed by atoms with van der Waals surface area (Å²) in [4.78, 5) is 0.669. The lowest BCUT2D eigenvalue weighted by molar-refractivity contribution is 0.504. The molecule has 0 atom stereocenters. The molecule has 4 nitrogen and oxygen atoms in total. The average Bonchev–Trinajstić information content (AvgIpc) is 2.69. The van der Waals surface area contributed by atoms with Crippen molar-refractivity contribution in [2.45, 2.75) is 19.3 Å². The molecule has 5 heteroatoms. The fourth-order valence-corrected chi connectivity index (χ4v) is 3.15. The molecule has 1 aliphatic rings. The molecule has 104 valence electrons. The van der Waals surface area contributed by atoms with Crippen molar-refractivity contribution in [2.75, 3.05) is 12.4 Å². The summed E-state index contributed by atoms with van der Waals surface area (Å²) in [5.41, 5.74) is 3.50. The van der Waals surface area contributed by atoms with Gasteiger partial charge in [0.05, 0.1) is 5.52 Å². The molecule has 4 N–H and O–H groups in total. The molecule has 0 amide bonds. The lowest BCUT2D eigenvalue weighted by atomic mass is 9.80. The fraction of sp³-hybridized carbons (Fsp3) is 0.267. The molecule has 0 unspecified atom stereocenters. The first-order valence-corrected chi connectivity index (χ1v) is 6.84. The number of nitrogens with one attached hydrogen (secondary N) is 1. The lowest BCUT2D eigenvalue weighted by Gasteiger charge is -2.32. The number of hydrogen-bond acceptors (Lipinski definition) is 3. The summed E-state index contributed by atoms with van der Waals surface area (Å²) in [6.07, 6.45) is 0. The van der Waals surface area contributed by atoms with E-state index >= 15 is 0 Å². The first-order valence-electron chi connectivity index (χ1n) is 6.43. The Labute approximate surface area is 122 Å². The topological polar surface area (TPSA) is 63.2 Å². The van der Waals surface area contributed by atoms with Crippen LogP contribution in [0.25, 0.3) is 16.7 Å². The molecule has 0 saturated carbocycles. The van der Waals surface area contributed by atoms with E-state index in [2.05, 4.69) is 25.7 Å². The first kappa shape index (κ1) is 13.0. The molecule has 0 saturated heterocycles. The first-order chi connectivity index (χ1) is 9.33. The van der Waals surface area contributed by atoms with Crippen molar-refractivity contribution < 1.29 is 5.11 Å². The van der Waals surface area contributed by atoms with Gasteiger partial charge in [0.25, 0.3) is 0 Å². The minimum absolute atomic E-state index is 0.0553. The molecule has 0 spiro atoms. The smallest absolute Gasteiger partial charge is 0.125 e. The van der Waals surface area contributed by atoms with Gasteiger partial charge in [-0.2, -0.15) is 0 Å². The number of nitrogens with two attached hydrogens (primary N) is 1. The monoisotopic (exact) mass is 287 g/mol. The fourth-order valence-electron chi connectivity index (χ4n) is 2.88. The van der Waals surface area contributed by atoms with Crippen LogP contribution in [-0.2, 0) is 5.41 Å². The van der Waals surface area contributed by atoms with Crippen molar-refractivity contribution in [1.82, 2.24) is 9.99 Å². The Morgan fingerprint density at radius 2 is 2.20 bits per heavy atom. The predicted molar refractivity (Wildman–Crippen MR) is 86.5 cm³/mol. The third-order valence-corrected chi connectivity index (χ3v) is 4.26. The van der Waals surface area contributed by atoms with Crippen LogP contribution >= 0.6 is 12.2 Å². The molecule has 0 radical (unpaired) electrons. The molecule has 3 rings (SSSR count). The molecular formula is C15H17N3OS. The van der Waals surface area contributed by atoms with Crippen LogP contribution in [0.1, 0.15) is 30.7 Å². The van der Waals surface area contributed by atoms with E-state index in [-0.39, 0.29) is 11.2 Å². The minimum Gasteiger partial charge on any atom is -0.508 e. The number of hydrogen-bond donors (Lipinski definition) is 3. The molecule has 1 aromatic heterocycles. The van der Waals surface area contributed by atoms with E-state index in [9.17, 15) is 5.11 Å². The van der Waals surface area contributed by atoms with Crippen LogP contribution in [0.5, 0.6) is 0 Å². The number of fused-ring (bicyclic) bond motifs is 3. The second kappa shape index (κ2) is 3.99. The van der Waals surface area contributed by atoms with Crippen molar-refractivity contribution in [3.63, 3.8) is 0 Å². The largest absolute Gasteiger partial charge is 0.508 e. The quantitative estimate of drug-likeness (QED) is 0.428. The molecule has 2 aromatic rings. The third-order valence-electron chi connectivity index (χ3n) is 3.92. The van der Waals surface area contributed by atoms with Gasteiger partial charge in [0.2, 0.25) is 0 Å². The number of aliphatic hydroxyl groups is 1. The molecule has 0 aliphatic carbocycles. The van der Waals surface area contributed by atoms with Crippen LogP contribution < -0.4 is 11.2 Å². The van der Waals surface area contributed by atoms with E-state index in [4.69, 9.17) is 18.1 Å². The third kappa shape index (κ3) is 1.63. The maximum absolute atomic E-state index is 9.61. The Hall–Kier alpha value is -2.01. The second-order valence-electron chi connectivity index (χ2n) is 5.84. The highest BCUT2D eigenvalue weighted by atomic mass is 32.1. The number of nitrogen functional groups attached to an aromatic ring is 1. The molecule has 2 heterocycles. The molecule has 20 heavy (non-hydrogen) atoms. The normalized spacial score (nSPS) is 16.8. The highest BCUT2D eigenvalue weighted by molar-refractivity contribution is 7.80. The van der Waals surface area contributed by atoms with Crippen LogP contribution in [-0.4, -0.2) is 21.3 Å². The molecular weight excluding hydrogens is 270 g/mol. The van der Waals surface area contributed by atoms with Crippen molar-refractivity contribution in [1.29, 1.82) is 0 Å². The Balaban J connectivity index is 2.44. The number of nitrogens with zero attached hydrogens (tertiary/aromatic N) is 1. The van der Waals surface area contributed by atoms with Gasteiger partial charge in [0, 0.05) is 22.9 Å². The van der Waals surface area contributed by atoms with E-state index in [1.54, 1.807) is 4.68 Å². The number of benzene rings is 1. The Morgan fingerprint density at radius 1 is 1.50 bits per heavy atom. The van der Waals surface area contributed by atoms with Gasteiger partial charge in [-0.3, -0.25) is 4.68 Å². The summed E-state index contributed by atoms with van der Waals surface area (Å²) in [5, 5.41) is 13.9. The number of aromatic nitrogens is 1. The predicted octanol–water partition coefficient (Wildman–Crippen LogP) is 2.44. The van der Waals surface area contributed by atoms with Gasteiger partial charge >= 0.3 is 0 Å². The average molecular weight is 287 g/mol. The van der Waals surface area contributed by atoms with E-state index in [0.717, 1.165) is 28.7 Å². The van der Waals surface area contributed by atoms with Gasteiger partial charge in [0.1, 0.15) is 16.4 Å². The zero-order chi connectivity index (χ0) is 14.7. The van der Waals surface area contributed by atoms with Crippen LogP contribution in [0.2, 0.25) is 0 Å². The Morgan fingerprint density at radius 3 is 2.85 bits per heavy atom. The highest BCUT2D eigenvalue weighted by Gasteiger charge is 2.35. The maximum atomic E-state index is 9.61. The van der Waals surface area contributed by atoms with E-state index in [0.29, 0.717) is 10.6 Å². The number of aliphatic hydroxyl groups excluding tert-OH is 1. The number of thiocarbonyl (C=S) groups is 1. The molecule has 0 fully saturated rings. The number of rotatable bonds is 1. The van der Waals surface area contributed by atoms with Crippen molar-refractivity contribution in [2.24, 2.45) is 0 Å². The second-order valence-corrected chi connectivity index (χ2v) is 6.25. The molecule has 1 aromatic carbocycles. The van der Waals surface area contributed by atoms with Crippen LogP contribution in [0.3, 0.4) is 0 Å². The summed E-state index contributed by atoms with van der Waals surface area (Å²) >= 11 is 5.40. The maximum Gasteiger partial charge on any atom is 0.125 e. The van der Waals surface area contributed by atoms with Crippen LogP contribution in [0.15, 0.2) is 24.8 Å². The standard InChI is InChI=1S/C15H17N3OS/c1-8(19)9-4-5-11-10(6-9)12-13(18(11)16)14(20)17-7-15(12,2)3/h4-6,19H,1,7,16H2,2-3H3,(H,17,20). The highest BCUT2D eigenvalue weighted by Crippen LogP contribution is 2.38. The van der Waals surface area contributed by atoms with Gasteiger partial charge in [0.15, 0.2) is 0 Å². The summed E-state index contributed by atoms with van der Waals surface area (Å²) in [6, 6.07) is 5.63. The summed E-state index contributed by atoms with van der Waals surface area (Å²) in [5.74, 6) is 6.26. The Kier molecular flexibility index (Phi) is 2.59. The van der Waals surface area contributed by atoms with Crippen molar-refractivity contribution in [3.8, 4) is 0 Å². The van der Waals surface area contributed by atoms with Crippen molar-refractivity contribution in [3.05, 3.63) is 41.6 Å².